The molecule has 0 radical (unpaired) electrons. The Morgan fingerprint density at radius 3 is 2.72 bits per heavy atom. The van der Waals surface area contributed by atoms with E-state index in [4.69, 9.17) is 9.15 Å². The van der Waals surface area contributed by atoms with Crippen molar-refractivity contribution in [1.82, 2.24) is 4.90 Å². The number of fused-ring (bicyclic) bond motifs is 1. The van der Waals surface area contributed by atoms with Gasteiger partial charge in [-0.3, -0.25) is 9.69 Å². The summed E-state index contributed by atoms with van der Waals surface area (Å²) in [5.41, 5.74) is 2.45. The molecule has 1 atom stereocenters. The Hall–Kier alpha value is -3.67. The maximum atomic E-state index is 13.2. The molecule has 2 aliphatic rings. The summed E-state index contributed by atoms with van der Waals surface area (Å²) in [5.74, 6) is 0.518. The first-order valence-corrected chi connectivity index (χ1v) is 9.26. The van der Waals surface area contributed by atoms with E-state index in [1.165, 1.54) is 7.11 Å². The molecule has 1 unspecified atom stereocenters. The lowest BCUT2D eigenvalue weighted by Crippen LogP contribution is -2.44. The molecule has 2 aromatic rings. The van der Waals surface area contributed by atoms with E-state index in [1.807, 2.05) is 42.5 Å². The van der Waals surface area contributed by atoms with Crippen molar-refractivity contribution in [3.05, 3.63) is 83.0 Å². The summed E-state index contributed by atoms with van der Waals surface area (Å²) in [6.07, 6.45) is 7.39. The number of carbonyl (C=O) groups excluding carboxylic acids is 2. The Morgan fingerprint density at radius 1 is 1.24 bits per heavy atom. The van der Waals surface area contributed by atoms with Crippen LogP contribution in [-0.4, -0.2) is 35.8 Å². The van der Waals surface area contributed by atoms with Crippen molar-refractivity contribution in [3.8, 4) is 0 Å². The topological polar surface area (TPSA) is 72.1 Å². The average Bonchev–Trinajstić information content (AvgIpc) is 3.34. The largest absolute Gasteiger partial charge is 0.466 e. The number of carbonyl (C=O) groups is 2. The predicted molar refractivity (Wildman–Crippen MR) is 110 cm³/mol. The number of nitrogens with zero attached hydrogens (tertiary/aromatic N) is 2. The van der Waals surface area contributed by atoms with Gasteiger partial charge in [-0.15, -0.1) is 0 Å². The third kappa shape index (κ3) is 3.57. The van der Waals surface area contributed by atoms with Gasteiger partial charge in [0.15, 0.2) is 0 Å². The Labute approximate surface area is 168 Å². The number of hydrogen-bond donors (Lipinski definition) is 0. The molecule has 2 aliphatic heterocycles. The Kier molecular flexibility index (Phi) is 4.99. The molecule has 1 aromatic heterocycles. The summed E-state index contributed by atoms with van der Waals surface area (Å²) in [4.78, 5) is 31.7. The Balaban J connectivity index is 1.75. The number of furan rings is 1. The summed E-state index contributed by atoms with van der Waals surface area (Å²) in [6.45, 7) is 1.76. The molecule has 1 amide bonds. The number of aliphatic imine (C=N–C) groups is 1. The molecule has 1 fully saturated rings. The molecule has 0 saturated carbocycles. The third-order valence-corrected chi connectivity index (χ3v) is 4.92. The fourth-order valence-electron chi connectivity index (χ4n) is 3.57. The number of hydrogen-bond acceptors (Lipinski definition) is 5. The first-order chi connectivity index (χ1) is 14.1. The number of esters is 1. The maximum absolute atomic E-state index is 13.2. The lowest BCUT2D eigenvalue weighted by atomic mass is 10.00. The standard InChI is InChI=1S/C23H20N2O4/c1-15-21(23(27)28-2)19(11-10-16-7-4-3-5-8-16)25-20(24-15)14-17(22(25)26)13-18-9-6-12-29-18/h3-13,19H,14H2,1-2H3/b11-10+,17-13-. The normalized spacial score (nSPS) is 20.4. The van der Waals surface area contributed by atoms with Crippen LogP contribution >= 0.6 is 0 Å². The van der Waals surface area contributed by atoms with E-state index >= 15 is 0 Å². The smallest absolute Gasteiger partial charge is 0.338 e. The summed E-state index contributed by atoms with van der Waals surface area (Å²) >= 11 is 0. The van der Waals surface area contributed by atoms with E-state index in [9.17, 15) is 9.59 Å². The quantitative estimate of drug-likeness (QED) is 0.589. The highest BCUT2D eigenvalue weighted by molar-refractivity contribution is 6.19. The number of benzene rings is 1. The molecular weight excluding hydrogens is 368 g/mol. The number of rotatable bonds is 4. The van der Waals surface area contributed by atoms with Crippen LogP contribution in [0.1, 0.15) is 24.7 Å². The second-order valence-electron chi connectivity index (χ2n) is 6.77. The van der Waals surface area contributed by atoms with Crippen LogP contribution in [0.4, 0.5) is 0 Å². The molecular formula is C23H20N2O4. The fraction of sp³-hybridized carbons (Fsp3) is 0.174. The van der Waals surface area contributed by atoms with Gasteiger partial charge >= 0.3 is 5.97 Å². The van der Waals surface area contributed by atoms with E-state index in [2.05, 4.69) is 4.99 Å². The molecule has 1 aromatic carbocycles. The van der Waals surface area contributed by atoms with Crippen molar-refractivity contribution in [2.24, 2.45) is 4.99 Å². The molecule has 4 rings (SSSR count). The second kappa shape index (κ2) is 7.75. The minimum absolute atomic E-state index is 0.197. The lowest BCUT2D eigenvalue weighted by molar-refractivity contribution is -0.136. The van der Waals surface area contributed by atoms with Crippen molar-refractivity contribution >= 4 is 29.9 Å². The van der Waals surface area contributed by atoms with Crippen LogP contribution < -0.4 is 0 Å². The molecule has 3 heterocycles. The third-order valence-electron chi connectivity index (χ3n) is 4.92. The number of ether oxygens (including phenoxy) is 1. The SMILES string of the molecule is COC(=O)C1=C(C)N=C2C/C(=C/c3ccco3)C(=O)N2C1/C=C/c1ccccc1. The van der Waals surface area contributed by atoms with Crippen LogP contribution in [0.3, 0.4) is 0 Å². The second-order valence-corrected chi connectivity index (χ2v) is 6.77. The first kappa shape index (κ1) is 18.7. The van der Waals surface area contributed by atoms with Crippen LogP contribution in [0.25, 0.3) is 12.2 Å². The lowest BCUT2D eigenvalue weighted by Gasteiger charge is -2.30. The van der Waals surface area contributed by atoms with Crippen molar-refractivity contribution in [1.29, 1.82) is 0 Å². The molecule has 0 aliphatic carbocycles. The van der Waals surface area contributed by atoms with Gasteiger partial charge in [-0.2, -0.15) is 0 Å². The van der Waals surface area contributed by atoms with Crippen molar-refractivity contribution in [3.63, 3.8) is 0 Å². The summed E-state index contributed by atoms with van der Waals surface area (Å²) in [6, 6.07) is 12.7. The van der Waals surface area contributed by atoms with E-state index in [0.29, 0.717) is 34.9 Å². The molecule has 146 valence electrons. The summed E-state index contributed by atoms with van der Waals surface area (Å²) in [7, 11) is 1.33. The minimum atomic E-state index is -0.592. The van der Waals surface area contributed by atoms with Crippen LogP contribution in [0.2, 0.25) is 0 Å². The molecule has 1 saturated heterocycles. The Morgan fingerprint density at radius 2 is 2.03 bits per heavy atom. The zero-order valence-corrected chi connectivity index (χ0v) is 16.2. The maximum Gasteiger partial charge on any atom is 0.338 e. The van der Waals surface area contributed by atoms with Crippen molar-refractivity contribution in [2.75, 3.05) is 7.11 Å². The van der Waals surface area contributed by atoms with Gasteiger partial charge in [0, 0.05) is 12.0 Å². The Bertz CT molecular complexity index is 1060. The fourth-order valence-corrected chi connectivity index (χ4v) is 3.57. The van der Waals surface area contributed by atoms with Gasteiger partial charge in [0.1, 0.15) is 11.6 Å². The van der Waals surface area contributed by atoms with E-state index < -0.39 is 12.0 Å². The van der Waals surface area contributed by atoms with Crippen LogP contribution in [0.15, 0.2) is 81.1 Å². The highest BCUT2D eigenvalue weighted by atomic mass is 16.5. The minimum Gasteiger partial charge on any atom is -0.466 e. The van der Waals surface area contributed by atoms with E-state index in [1.54, 1.807) is 36.3 Å². The van der Waals surface area contributed by atoms with E-state index in [-0.39, 0.29) is 5.91 Å². The van der Waals surface area contributed by atoms with Crippen LogP contribution in [-0.2, 0) is 14.3 Å². The van der Waals surface area contributed by atoms with Gasteiger partial charge < -0.3 is 9.15 Å². The summed E-state index contributed by atoms with van der Waals surface area (Å²) in [5, 5.41) is 0. The zero-order chi connectivity index (χ0) is 20.4. The highest BCUT2D eigenvalue weighted by Crippen LogP contribution is 2.34. The molecule has 0 spiro atoms. The van der Waals surface area contributed by atoms with Crippen molar-refractivity contribution < 1.29 is 18.7 Å². The molecule has 6 heteroatoms. The average molecular weight is 388 g/mol. The molecule has 0 bridgehead atoms. The van der Waals surface area contributed by atoms with Gasteiger partial charge in [0.05, 0.1) is 30.7 Å². The number of methoxy groups -OCH3 is 1. The van der Waals surface area contributed by atoms with Crippen LogP contribution in [0.5, 0.6) is 0 Å². The molecule has 29 heavy (non-hydrogen) atoms. The van der Waals surface area contributed by atoms with Crippen molar-refractivity contribution in [2.45, 2.75) is 19.4 Å². The van der Waals surface area contributed by atoms with E-state index in [0.717, 1.165) is 5.56 Å². The van der Waals surface area contributed by atoms with Gasteiger partial charge in [-0.1, -0.05) is 42.5 Å². The van der Waals surface area contributed by atoms with Crippen LogP contribution in [0, 0.1) is 0 Å². The zero-order valence-electron chi connectivity index (χ0n) is 16.2. The number of amides is 1. The monoisotopic (exact) mass is 388 g/mol. The van der Waals surface area contributed by atoms with Gasteiger partial charge in [-0.25, -0.2) is 9.79 Å². The predicted octanol–water partition coefficient (Wildman–Crippen LogP) is 3.84. The first-order valence-electron chi connectivity index (χ1n) is 9.26. The van der Waals surface area contributed by atoms with Gasteiger partial charge in [-0.05, 0) is 30.7 Å². The molecule has 0 N–H and O–H groups in total. The number of allylic oxidation sites excluding steroid dienone is 1. The van der Waals surface area contributed by atoms with Gasteiger partial charge in [0.25, 0.3) is 5.91 Å². The summed E-state index contributed by atoms with van der Waals surface area (Å²) < 4.78 is 10.3. The number of amidine groups is 1. The highest BCUT2D eigenvalue weighted by Gasteiger charge is 2.42. The molecule has 6 nitrogen and oxygen atoms in total. The van der Waals surface area contributed by atoms with Gasteiger partial charge in [0.2, 0.25) is 0 Å².